The molecule has 0 amide bonds. The second-order valence-electron chi connectivity index (χ2n) is 6.03. The van der Waals surface area contributed by atoms with E-state index in [1.807, 2.05) is 0 Å². The van der Waals surface area contributed by atoms with E-state index in [2.05, 4.69) is 8.37 Å². The van der Waals surface area contributed by atoms with Crippen molar-refractivity contribution >= 4 is 60.9 Å². The Kier molecular flexibility index (Phi) is 6.58. The van der Waals surface area contributed by atoms with Crippen molar-refractivity contribution < 1.29 is 37.8 Å². The highest BCUT2D eigenvalue weighted by Crippen LogP contribution is 2.37. The molecule has 166 valence electrons. The Morgan fingerprint density at radius 3 is 1.84 bits per heavy atom. The minimum absolute atomic E-state index is 0.174. The molecule has 0 bridgehead atoms. The molecule has 0 fully saturated rings. The van der Waals surface area contributed by atoms with Crippen LogP contribution in [0, 0.1) is 0 Å². The molecule has 0 radical (unpaired) electrons. The van der Waals surface area contributed by atoms with Crippen LogP contribution in [0.3, 0.4) is 0 Å². The van der Waals surface area contributed by atoms with E-state index in [1.165, 1.54) is 24.3 Å². The first kappa shape index (κ1) is 23.4. The topological polar surface area (TPSA) is 130 Å². The first-order chi connectivity index (χ1) is 14.3. The third-order valence-corrected chi connectivity index (χ3v) is 5.93. The van der Waals surface area contributed by atoms with Gasteiger partial charge in [-0.25, -0.2) is 0 Å². The van der Waals surface area contributed by atoms with Crippen LogP contribution in [0.25, 0.3) is 10.8 Å². The van der Waals surface area contributed by atoms with Gasteiger partial charge in [-0.15, -0.1) is 0 Å². The van der Waals surface area contributed by atoms with Crippen molar-refractivity contribution in [1.29, 1.82) is 0 Å². The number of rotatable bonds is 8. The SMILES string of the molecule is O=S(=O)(Cl)Oc1ccc2cc(OS(=O)(=O)Cc3ccccc3)c(OS(=O)(=O)Cl)cc2c1. The Hall–Kier alpha value is -2.25. The van der Waals surface area contributed by atoms with Crippen LogP contribution >= 0.6 is 21.4 Å². The van der Waals surface area contributed by atoms with E-state index >= 15 is 0 Å². The molecule has 0 unspecified atom stereocenters. The van der Waals surface area contributed by atoms with E-state index < -0.39 is 46.0 Å². The largest absolute Gasteiger partial charge is 0.401 e. The molecule has 0 spiro atoms. The summed E-state index contributed by atoms with van der Waals surface area (Å²) in [7, 11) is -2.93. The molecule has 0 saturated carbocycles. The van der Waals surface area contributed by atoms with Gasteiger partial charge in [0.15, 0.2) is 11.5 Å². The Balaban J connectivity index is 2.04. The summed E-state index contributed by atoms with van der Waals surface area (Å²) >= 11 is 0. The highest BCUT2D eigenvalue weighted by Gasteiger charge is 2.21. The summed E-state index contributed by atoms with van der Waals surface area (Å²) in [5, 5.41) is 0.574. The van der Waals surface area contributed by atoms with Crippen LogP contribution in [-0.2, 0) is 34.5 Å². The van der Waals surface area contributed by atoms with Gasteiger partial charge in [-0.05, 0) is 40.6 Å². The van der Waals surface area contributed by atoms with Gasteiger partial charge >= 0.3 is 28.8 Å². The summed E-state index contributed by atoms with van der Waals surface area (Å²) in [4.78, 5) is 0. The maximum absolute atomic E-state index is 12.5. The third kappa shape index (κ3) is 7.14. The molecule has 0 atom stereocenters. The molecule has 31 heavy (non-hydrogen) atoms. The van der Waals surface area contributed by atoms with Crippen LogP contribution in [-0.4, -0.2) is 25.3 Å². The molecule has 9 nitrogen and oxygen atoms in total. The van der Waals surface area contributed by atoms with Crippen molar-refractivity contribution in [3.8, 4) is 17.2 Å². The normalized spacial score (nSPS) is 12.5. The summed E-state index contributed by atoms with van der Waals surface area (Å²) in [6, 6.07) is 14.3. The van der Waals surface area contributed by atoms with Gasteiger partial charge in [-0.3, -0.25) is 0 Å². The second-order valence-corrected chi connectivity index (χ2v) is 11.8. The van der Waals surface area contributed by atoms with Crippen LogP contribution in [0.4, 0.5) is 0 Å². The molecule has 0 aliphatic heterocycles. The fourth-order valence-electron chi connectivity index (χ4n) is 2.58. The Morgan fingerprint density at radius 2 is 1.23 bits per heavy atom. The molecule has 14 heteroatoms. The van der Waals surface area contributed by atoms with E-state index in [4.69, 9.17) is 25.5 Å². The van der Waals surface area contributed by atoms with Gasteiger partial charge in [0.05, 0.1) is 21.4 Å². The monoisotopic (exact) mass is 526 g/mol. The standard InChI is InChI=1S/C17H12Cl2O9S3/c18-30(22,23)26-15-7-6-13-9-16(17(10-14(13)8-15)28-31(19,24)25)27-29(20,21)11-12-4-2-1-3-5-12/h1-10H,11H2. The number of fused-ring (bicyclic) bond motifs is 1. The number of hydrogen-bond acceptors (Lipinski definition) is 9. The number of halogens is 2. The van der Waals surface area contributed by atoms with E-state index in [0.717, 1.165) is 6.07 Å². The van der Waals surface area contributed by atoms with Gasteiger partial charge in [-0.2, -0.15) is 25.3 Å². The first-order valence-corrected chi connectivity index (χ1v) is 14.2. The quantitative estimate of drug-likeness (QED) is 0.319. The summed E-state index contributed by atoms with van der Waals surface area (Å²) in [5.41, 5.74) is 0.444. The molecule has 0 N–H and O–H groups in total. The van der Waals surface area contributed by atoms with Gasteiger partial charge < -0.3 is 12.5 Å². The summed E-state index contributed by atoms with van der Waals surface area (Å²) < 4.78 is 84.2. The number of benzene rings is 3. The van der Waals surface area contributed by atoms with Gasteiger partial charge in [-0.1, -0.05) is 36.4 Å². The lowest BCUT2D eigenvalue weighted by atomic mass is 10.1. The molecule has 0 aromatic heterocycles. The lowest BCUT2D eigenvalue weighted by Gasteiger charge is -2.13. The second kappa shape index (κ2) is 8.71. The molecular weight excluding hydrogens is 515 g/mol. The van der Waals surface area contributed by atoms with Crippen LogP contribution in [0.2, 0.25) is 0 Å². The first-order valence-electron chi connectivity index (χ1n) is 8.12. The van der Waals surface area contributed by atoms with Crippen LogP contribution in [0.5, 0.6) is 17.2 Å². The van der Waals surface area contributed by atoms with Gasteiger partial charge in [0.2, 0.25) is 0 Å². The maximum Gasteiger partial charge on any atom is 0.401 e. The van der Waals surface area contributed by atoms with Crippen LogP contribution in [0.1, 0.15) is 5.56 Å². The van der Waals surface area contributed by atoms with Crippen LogP contribution in [0.15, 0.2) is 60.7 Å². The zero-order valence-corrected chi connectivity index (χ0v) is 19.1. The Labute approximate surface area is 187 Å². The molecule has 0 aliphatic rings. The maximum atomic E-state index is 12.5. The van der Waals surface area contributed by atoms with E-state index in [-0.39, 0.29) is 11.1 Å². The van der Waals surface area contributed by atoms with Crippen LogP contribution < -0.4 is 12.5 Å². The smallest absolute Gasteiger partial charge is 0.378 e. The molecule has 0 heterocycles. The summed E-state index contributed by atoms with van der Waals surface area (Å²) in [5.74, 6) is -1.64. The van der Waals surface area contributed by atoms with Gasteiger partial charge in [0, 0.05) is 0 Å². The lowest BCUT2D eigenvalue weighted by molar-refractivity contribution is 0.456. The molecule has 3 aromatic rings. The average Bonchev–Trinajstić information content (AvgIpc) is 2.60. The highest BCUT2D eigenvalue weighted by molar-refractivity contribution is 8.10. The fourth-order valence-corrected chi connectivity index (χ4v) is 4.75. The predicted molar refractivity (Wildman–Crippen MR) is 114 cm³/mol. The van der Waals surface area contributed by atoms with Crippen molar-refractivity contribution in [1.82, 2.24) is 0 Å². The lowest BCUT2D eigenvalue weighted by Crippen LogP contribution is -2.13. The molecule has 3 rings (SSSR count). The zero-order valence-electron chi connectivity index (χ0n) is 15.1. The van der Waals surface area contributed by atoms with Crippen molar-refractivity contribution in [3.63, 3.8) is 0 Å². The fraction of sp³-hybridized carbons (Fsp3) is 0.0588. The molecule has 0 aliphatic carbocycles. The highest BCUT2D eigenvalue weighted by atomic mass is 35.7. The van der Waals surface area contributed by atoms with E-state index in [1.54, 1.807) is 30.3 Å². The van der Waals surface area contributed by atoms with Crippen molar-refractivity contribution in [2.75, 3.05) is 0 Å². The Bertz CT molecular complexity index is 1440. The van der Waals surface area contributed by atoms with Crippen molar-refractivity contribution in [2.24, 2.45) is 0 Å². The van der Waals surface area contributed by atoms with E-state index in [9.17, 15) is 25.3 Å². The molecular formula is C17H12Cl2O9S3. The van der Waals surface area contributed by atoms with E-state index in [0.29, 0.717) is 10.9 Å². The van der Waals surface area contributed by atoms with Crippen molar-refractivity contribution in [3.05, 3.63) is 66.2 Å². The summed E-state index contributed by atoms with van der Waals surface area (Å²) in [6.45, 7) is 0. The average molecular weight is 527 g/mol. The zero-order chi connectivity index (χ0) is 22.9. The van der Waals surface area contributed by atoms with Gasteiger partial charge in [0.25, 0.3) is 0 Å². The predicted octanol–water partition coefficient (Wildman–Crippen LogP) is 3.47. The third-order valence-electron chi connectivity index (χ3n) is 3.66. The molecule has 3 aromatic carbocycles. The Morgan fingerprint density at radius 1 is 0.645 bits per heavy atom. The minimum atomic E-state index is -4.57. The molecule has 0 saturated heterocycles. The summed E-state index contributed by atoms with van der Waals surface area (Å²) in [6.07, 6.45) is 0. The minimum Gasteiger partial charge on any atom is -0.378 e. The number of hydrogen-bond donors (Lipinski definition) is 0. The van der Waals surface area contributed by atoms with Gasteiger partial charge in [0.1, 0.15) is 11.5 Å². The van der Waals surface area contributed by atoms with Crippen molar-refractivity contribution in [2.45, 2.75) is 5.75 Å².